The van der Waals surface area contributed by atoms with E-state index in [-0.39, 0.29) is 0 Å². The van der Waals surface area contributed by atoms with E-state index in [9.17, 15) is 0 Å². The molecule has 1 aliphatic carbocycles. The minimum atomic E-state index is -0.463. The average Bonchev–Trinajstić information content (AvgIpc) is 3.41. The lowest BCUT2D eigenvalue weighted by Crippen LogP contribution is -2.28. The van der Waals surface area contributed by atoms with Gasteiger partial charge in [-0.05, 0) is 62.4 Å². The number of aromatic nitrogens is 2. The van der Waals surface area contributed by atoms with Crippen molar-refractivity contribution in [2.75, 3.05) is 0 Å². The molecule has 0 unspecified atom stereocenters. The predicted molar refractivity (Wildman–Crippen MR) is 185 cm³/mol. The molecule has 2 nitrogen and oxygen atoms in total. The van der Waals surface area contributed by atoms with Crippen molar-refractivity contribution in [3.63, 3.8) is 0 Å². The fourth-order valence-electron chi connectivity index (χ4n) is 7.42. The van der Waals surface area contributed by atoms with Crippen molar-refractivity contribution >= 4 is 21.7 Å². The van der Waals surface area contributed by atoms with E-state index in [1.165, 1.54) is 38.8 Å². The molecule has 0 amide bonds. The standard InChI is InChI=1S/C43H28N2/c1-4-15-29(16-5-1)41-35-23-11-13-26-40(35)44-42(45-41)34-24-14-17-30-27-37-33-22-10-12-25-38(33)43(39(37)28-36(30)34,31-18-6-2-7-19-31)32-20-8-3-9-21-32/h1-28H. The van der Waals surface area contributed by atoms with Gasteiger partial charge in [0.2, 0.25) is 0 Å². The second-order valence-electron chi connectivity index (χ2n) is 11.7. The summed E-state index contributed by atoms with van der Waals surface area (Å²) in [6.07, 6.45) is 0. The van der Waals surface area contributed by atoms with E-state index in [2.05, 4.69) is 164 Å². The molecule has 210 valence electrons. The molecule has 1 aliphatic rings. The average molecular weight is 573 g/mol. The molecule has 0 spiro atoms. The summed E-state index contributed by atoms with van der Waals surface area (Å²) in [5.41, 5.74) is 11.2. The van der Waals surface area contributed by atoms with Crippen LogP contribution in [0.3, 0.4) is 0 Å². The van der Waals surface area contributed by atoms with Crippen LogP contribution in [0.5, 0.6) is 0 Å². The SMILES string of the molecule is c1ccc(-c2nc(-c3cccc4cc5c(cc34)C(c3ccccc3)(c3ccccc3)c3ccccc3-5)nc3ccccc23)cc1. The van der Waals surface area contributed by atoms with Crippen LogP contribution in [-0.2, 0) is 5.41 Å². The fourth-order valence-corrected chi connectivity index (χ4v) is 7.42. The van der Waals surface area contributed by atoms with Gasteiger partial charge in [0.1, 0.15) is 0 Å². The first-order valence-corrected chi connectivity index (χ1v) is 15.4. The topological polar surface area (TPSA) is 25.8 Å². The second kappa shape index (κ2) is 10.1. The van der Waals surface area contributed by atoms with Crippen LogP contribution in [0.15, 0.2) is 170 Å². The van der Waals surface area contributed by atoms with Gasteiger partial charge in [-0.1, -0.05) is 152 Å². The summed E-state index contributed by atoms with van der Waals surface area (Å²) < 4.78 is 0. The number of rotatable bonds is 4. The molecule has 0 saturated carbocycles. The summed E-state index contributed by atoms with van der Waals surface area (Å²) in [6, 6.07) is 60.9. The van der Waals surface area contributed by atoms with Crippen molar-refractivity contribution in [2.45, 2.75) is 5.41 Å². The Morgan fingerprint density at radius 3 is 1.78 bits per heavy atom. The molecular weight excluding hydrogens is 544 g/mol. The monoisotopic (exact) mass is 572 g/mol. The van der Waals surface area contributed by atoms with E-state index < -0.39 is 5.41 Å². The van der Waals surface area contributed by atoms with Crippen LogP contribution in [0.2, 0.25) is 0 Å². The molecule has 1 heterocycles. The molecule has 0 atom stereocenters. The van der Waals surface area contributed by atoms with Gasteiger partial charge in [0.25, 0.3) is 0 Å². The number of hydrogen-bond acceptors (Lipinski definition) is 2. The van der Waals surface area contributed by atoms with Crippen LogP contribution in [-0.4, -0.2) is 9.97 Å². The van der Waals surface area contributed by atoms with Crippen molar-refractivity contribution < 1.29 is 0 Å². The van der Waals surface area contributed by atoms with Crippen LogP contribution in [0.1, 0.15) is 22.3 Å². The van der Waals surface area contributed by atoms with E-state index in [4.69, 9.17) is 9.97 Å². The second-order valence-corrected chi connectivity index (χ2v) is 11.7. The number of nitrogens with zero attached hydrogens (tertiary/aromatic N) is 2. The van der Waals surface area contributed by atoms with Gasteiger partial charge in [-0.3, -0.25) is 0 Å². The molecule has 0 aliphatic heterocycles. The zero-order chi connectivity index (χ0) is 29.8. The molecule has 45 heavy (non-hydrogen) atoms. The molecule has 8 aromatic rings. The van der Waals surface area contributed by atoms with Crippen molar-refractivity contribution in [2.24, 2.45) is 0 Å². The molecule has 0 bridgehead atoms. The molecule has 7 aromatic carbocycles. The quantitative estimate of drug-likeness (QED) is 0.210. The first kappa shape index (κ1) is 25.6. The summed E-state index contributed by atoms with van der Waals surface area (Å²) >= 11 is 0. The minimum Gasteiger partial charge on any atom is -0.228 e. The van der Waals surface area contributed by atoms with Crippen LogP contribution in [0.25, 0.3) is 55.4 Å². The highest BCUT2D eigenvalue weighted by molar-refractivity contribution is 6.03. The van der Waals surface area contributed by atoms with Gasteiger partial charge >= 0.3 is 0 Å². The fraction of sp³-hybridized carbons (Fsp3) is 0.0233. The van der Waals surface area contributed by atoms with E-state index in [0.29, 0.717) is 0 Å². The Kier molecular flexibility index (Phi) is 5.76. The number of hydrogen-bond donors (Lipinski definition) is 0. The Morgan fingerprint density at radius 2 is 1.02 bits per heavy atom. The third kappa shape index (κ3) is 3.82. The maximum absolute atomic E-state index is 5.27. The predicted octanol–water partition coefficient (Wildman–Crippen LogP) is 10.5. The van der Waals surface area contributed by atoms with Gasteiger partial charge < -0.3 is 0 Å². The van der Waals surface area contributed by atoms with Gasteiger partial charge in [-0.25, -0.2) is 9.97 Å². The molecule has 0 fully saturated rings. The lowest BCUT2D eigenvalue weighted by atomic mass is 9.67. The van der Waals surface area contributed by atoms with Crippen molar-refractivity contribution in [1.29, 1.82) is 0 Å². The third-order valence-corrected chi connectivity index (χ3v) is 9.35. The van der Waals surface area contributed by atoms with Crippen LogP contribution < -0.4 is 0 Å². The maximum atomic E-state index is 5.27. The van der Waals surface area contributed by atoms with Gasteiger partial charge in [-0.15, -0.1) is 0 Å². The molecule has 2 heteroatoms. The van der Waals surface area contributed by atoms with Crippen LogP contribution in [0.4, 0.5) is 0 Å². The lowest BCUT2D eigenvalue weighted by Gasteiger charge is -2.34. The third-order valence-electron chi connectivity index (χ3n) is 9.35. The number of fused-ring (bicyclic) bond motifs is 5. The molecule has 0 saturated heterocycles. The van der Waals surface area contributed by atoms with Crippen molar-refractivity contribution in [3.8, 4) is 33.8 Å². The number of benzene rings is 7. The Hall–Kier alpha value is -5.86. The zero-order valence-corrected chi connectivity index (χ0v) is 24.6. The number of para-hydroxylation sites is 1. The van der Waals surface area contributed by atoms with E-state index in [1.807, 2.05) is 6.07 Å². The molecular formula is C43H28N2. The Bertz CT molecular complexity index is 2320. The highest BCUT2D eigenvalue weighted by Gasteiger charge is 2.46. The molecule has 9 rings (SSSR count). The van der Waals surface area contributed by atoms with Gasteiger partial charge in [0.05, 0.1) is 16.6 Å². The van der Waals surface area contributed by atoms with Gasteiger partial charge in [-0.2, -0.15) is 0 Å². The zero-order valence-electron chi connectivity index (χ0n) is 24.6. The molecule has 1 aromatic heterocycles. The molecule has 0 radical (unpaired) electrons. The lowest BCUT2D eigenvalue weighted by molar-refractivity contribution is 0.769. The highest BCUT2D eigenvalue weighted by atomic mass is 14.9. The maximum Gasteiger partial charge on any atom is 0.161 e. The van der Waals surface area contributed by atoms with E-state index >= 15 is 0 Å². The van der Waals surface area contributed by atoms with E-state index in [0.717, 1.165) is 38.9 Å². The summed E-state index contributed by atoms with van der Waals surface area (Å²) in [4.78, 5) is 10.4. The van der Waals surface area contributed by atoms with Crippen LogP contribution >= 0.6 is 0 Å². The first-order valence-electron chi connectivity index (χ1n) is 15.4. The Balaban J connectivity index is 1.37. The van der Waals surface area contributed by atoms with Gasteiger partial charge in [0.15, 0.2) is 5.82 Å². The van der Waals surface area contributed by atoms with Gasteiger partial charge in [0, 0.05) is 16.5 Å². The molecule has 0 N–H and O–H groups in total. The minimum absolute atomic E-state index is 0.463. The Morgan fingerprint density at radius 1 is 0.400 bits per heavy atom. The van der Waals surface area contributed by atoms with Crippen LogP contribution in [0, 0.1) is 0 Å². The Labute approximate surface area is 262 Å². The summed E-state index contributed by atoms with van der Waals surface area (Å²) in [6.45, 7) is 0. The largest absolute Gasteiger partial charge is 0.228 e. The van der Waals surface area contributed by atoms with E-state index in [1.54, 1.807) is 0 Å². The summed E-state index contributed by atoms with van der Waals surface area (Å²) in [5, 5.41) is 3.38. The van der Waals surface area contributed by atoms with Crippen molar-refractivity contribution in [1.82, 2.24) is 9.97 Å². The summed E-state index contributed by atoms with van der Waals surface area (Å²) in [5.74, 6) is 0.735. The first-order chi connectivity index (χ1) is 22.3. The normalized spacial score (nSPS) is 13.1. The van der Waals surface area contributed by atoms with Crippen molar-refractivity contribution in [3.05, 3.63) is 192 Å². The smallest absolute Gasteiger partial charge is 0.161 e. The summed E-state index contributed by atoms with van der Waals surface area (Å²) in [7, 11) is 0. The highest BCUT2D eigenvalue weighted by Crippen LogP contribution is 2.57.